The Kier molecular flexibility index (Phi) is 2.22. The molecule has 0 saturated heterocycles. The fourth-order valence-corrected chi connectivity index (χ4v) is 4.12. The molecule has 2 aromatic rings. The summed E-state index contributed by atoms with van der Waals surface area (Å²) >= 11 is 0. The van der Waals surface area contributed by atoms with Gasteiger partial charge in [-0.15, -0.1) is 9.89 Å². The van der Waals surface area contributed by atoms with E-state index in [0.29, 0.717) is 5.41 Å². The molecule has 2 bridgehead atoms. The molecule has 0 aliphatic heterocycles. The Bertz CT molecular complexity index is 712. The summed E-state index contributed by atoms with van der Waals surface area (Å²) in [5, 5.41) is 13.2. The van der Waals surface area contributed by atoms with E-state index in [1.54, 1.807) is 4.79 Å². The maximum Gasteiger partial charge on any atom is 0.115 e. The molecule has 4 heteroatoms. The molecule has 0 N–H and O–H groups in total. The molecule has 1 heterocycles. The first-order valence-electron chi connectivity index (χ1n) is 7.41. The molecule has 2 saturated carbocycles. The summed E-state index contributed by atoms with van der Waals surface area (Å²) in [7, 11) is 0. The molecule has 2 aliphatic carbocycles. The number of benzene rings is 1. The van der Waals surface area contributed by atoms with E-state index in [1.807, 2.05) is 24.3 Å². The highest BCUT2D eigenvalue weighted by molar-refractivity contribution is 5.94. The van der Waals surface area contributed by atoms with Crippen LogP contribution < -0.4 is 0 Å². The Morgan fingerprint density at radius 3 is 2.75 bits per heavy atom. The molecule has 2 atom stereocenters. The molecule has 4 rings (SSSR count). The van der Waals surface area contributed by atoms with Crippen LogP contribution in [-0.4, -0.2) is 20.8 Å². The number of para-hydroxylation sites is 1. The fourth-order valence-electron chi connectivity index (χ4n) is 4.12. The van der Waals surface area contributed by atoms with Crippen molar-refractivity contribution in [3.05, 3.63) is 24.3 Å². The summed E-state index contributed by atoms with van der Waals surface area (Å²) in [6.07, 6.45) is 3.69. The average Bonchev–Trinajstić information content (AvgIpc) is 2.99. The van der Waals surface area contributed by atoms with Gasteiger partial charge in [-0.25, -0.2) is 0 Å². The molecule has 1 aromatic carbocycles. The Labute approximate surface area is 118 Å². The van der Waals surface area contributed by atoms with Crippen LogP contribution in [0.15, 0.2) is 29.4 Å². The number of hydrogen-bond donors (Lipinski definition) is 0. The van der Waals surface area contributed by atoms with Gasteiger partial charge in [-0.05, 0) is 47.9 Å². The Morgan fingerprint density at radius 2 is 2.05 bits per heavy atom. The van der Waals surface area contributed by atoms with E-state index in [2.05, 4.69) is 31.1 Å². The summed E-state index contributed by atoms with van der Waals surface area (Å²) in [6.45, 7) is 7.16. The second-order valence-corrected chi connectivity index (χ2v) is 7.01. The van der Waals surface area contributed by atoms with Crippen molar-refractivity contribution in [2.45, 2.75) is 40.0 Å². The van der Waals surface area contributed by atoms with E-state index < -0.39 is 0 Å². The Hall–Kier alpha value is -1.71. The number of fused-ring (bicyclic) bond motifs is 3. The minimum absolute atomic E-state index is 0.213. The van der Waals surface area contributed by atoms with Gasteiger partial charge in [-0.1, -0.05) is 32.9 Å². The van der Waals surface area contributed by atoms with Crippen molar-refractivity contribution in [3.63, 3.8) is 0 Å². The molecule has 0 radical (unpaired) electrons. The number of hydrogen-bond acceptors (Lipinski definition) is 3. The lowest BCUT2D eigenvalue weighted by atomic mass is 9.70. The van der Waals surface area contributed by atoms with Crippen molar-refractivity contribution in [3.8, 4) is 0 Å². The number of rotatable bonds is 1. The van der Waals surface area contributed by atoms with Gasteiger partial charge in [0.05, 0.1) is 0 Å². The summed E-state index contributed by atoms with van der Waals surface area (Å²) < 4.78 is 0. The van der Waals surface area contributed by atoms with Crippen LogP contribution in [0.25, 0.3) is 11.0 Å². The van der Waals surface area contributed by atoms with Crippen molar-refractivity contribution < 1.29 is 0 Å². The van der Waals surface area contributed by atoms with Crippen LogP contribution in [0.2, 0.25) is 0 Å². The first-order chi connectivity index (χ1) is 9.52. The van der Waals surface area contributed by atoms with Crippen LogP contribution in [-0.2, 0) is 0 Å². The van der Waals surface area contributed by atoms with E-state index >= 15 is 0 Å². The van der Waals surface area contributed by atoms with Gasteiger partial charge in [0.1, 0.15) is 11.0 Å². The highest BCUT2D eigenvalue weighted by atomic mass is 15.6. The van der Waals surface area contributed by atoms with Gasteiger partial charge in [0.15, 0.2) is 0 Å². The fraction of sp³-hybridized carbons (Fsp3) is 0.562. The third-order valence-electron chi connectivity index (χ3n) is 6.06. The average molecular weight is 268 g/mol. The summed E-state index contributed by atoms with van der Waals surface area (Å²) in [6, 6.07) is 8.00. The molecule has 0 spiro atoms. The lowest BCUT2D eigenvalue weighted by molar-refractivity contribution is 0.193. The molecule has 104 valence electrons. The van der Waals surface area contributed by atoms with Crippen molar-refractivity contribution in [2.24, 2.45) is 21.8 Å². The van der Waals surface area contributed by atoms with E-state index in [4.69, 9.17) is 5.10 Å². The van der Waals surface area contributed by atoms with Gasteiger partial charge in [-0.3, -0.25) is 0 Å². The molecule has 20 heavy (non-hydrogen) atoms. The third kappa shape index (κ3) is 1.34. The highest BCUT2D eigenvalue weighted by Crippen LogP contribution is 2.63. The van der Waals surface area contributed by atoms with Crippen LogP contribution in [0.3, 0.4) is 0 Å². The molecule has 2 fully saturated rings. The number of aromatic nitrogens is 3. The predicted octanol–water partition coefficient (Wildman–Crippen LogP) is 3.48. The van der Waals surface area contributed by atoms with E-state index in [1.165, 1.54) is 18.6 Å². The molecular formula is C16H20N4. The Morgan fingerprint density at radius 1 is 1.25 bits per heavy atom. The summed E-state index contributed by atoms with van der Waals surface area (Å²) in [5.41, 5.74) is 3.76. The van der Waals surface area contributed by atoms with Crippen LogP contribution in [0.1, 0.15) is 40.0 Å². The topological polar surface area (TPSA) is 43.1 Å². The molecule has 1 aromatic heterocycles. The lowest BCUT2D eigenvalue weighted by Crippen LogP contribution is -2.33. The SMILES string of the molecule is CC1(C)[C@@H]2CC[C@@]1(C)/C(=N/n1nnc3ccccc31)C2. The Balaban J connectivity index is 1.83. The molecular weight excluding hydrogens is 248 g/mol. The van der Waals surface area contributed by atoms with Gasteiger partial charge >= 0.3 is 0 Å². The van der Waals surface area contributed by atoms with Crippen molar-refractivity contribution in [1.29, 1.82) is 0 Å². The zero-order valence-corrected chi connectivity index (χ0v) is 12.3. The minimum Gasteiger partial charge on any atom is -0.157 e. The van der Waals surface area contributed by atoms with E-state index in [-0.39, 0.29) is 5.41 Å². The first-order valence-corrected chi connectivity index (χ1v) is 7.41. The standard InChI is InChI=1S/C16H20N4/c1-15(2)11-8-9-16(15,3)14(10-11)18-20-13-7-5-4-6-12(13)17-19-20/h4-7,11H,8-10H2,1-3H3/b18-14+/t11-,16+/m1/s1. The van der Waals surface area contributed by atoms with Crippen LogP contribution in [0.4, 0.5) is 0 Å². The van der Waals surface area contributed by atoms with Gasteiger partial charge < -0.3 is 0 Å². The number of nitrogens with zero attached hydrogens (tertiary/aromatic N) is 4. The first kappa shape index (κ1) is 12.1. The predicted molar refractivity (Wildman–Crippen MR) is 79.6 cm³/mol. The third-order valence-corrected chi connectivity index (χ3v) is 6.06. The monoisotopic (exact) mass is 268 g/mol. The lowest BCUT2D eigenvalue weighted by Gasteiger charge is -2.34. The molecule has 4 nitrogen and oxygen atoms in total. The quantitative estimate of drug-likeness (QED) is 0.794. The van der Waals surface area contributed by atoms with E-state index in [0.717, 1.165) is 23.4 Å². The minimum atomic E-state index is 0.213. The van der Waals surface area contributed by atoms with E-state index in [9.17, 15) is 0 Å². The second-order valence-electron chi connectivity index (χ2n) is 7.01. The molecule has 0 amide bonds. The summed E-state index contributed by atoms with van der Waals surface area (Å²) in [4.78, 5) is 1.71. The maximum atomic E-state index is 4.86. The molecule has 2 aliphatic rings. The maximum absolute atomic E-state index is 4.86. The van der Waals surface area contributed by atoms with Crippen molar-refractivity contribution >= 4 is 16.7 Å². The van der Waals surface area contributed by atoms with Crippen LogP contribution in [0, 0.1) is 16.7 Å². The highest BCUT2D eigenvalue weighted by Gasteiger charge is 2.60. The van der Waals surface area contributed by atoms with Crippen molar-refractivity contribution in [2.75, 3.05) is 0 Å². The van der Waals surface area contributed by atoms with Crippen LogP contribution in [0.5, 0.6) is 0 Å². The normalized spacial score (nSPS) is 33.4. The van der Waals surface area contributed by atoms with Gasteiger partial charge in [0.2, 0.25) is 0 Å². The summed E-state index contributed by atoms with van der Waals surface area (Å²) in [5.74, 6) is 0.765. The zero-order chi connectivity index (χ0) is 14.0. The van der Waals surface area contributed by atoms with Crippen molar-refractivity contribution in [1.82, 2.24) is 15.1 Å². The molecule has 0 unspecified atom stereocenters. The van der Waals surface area contributed by atoms with Gasteiger partial charge in [-0.2, -0.15) is 5.10 Å². The van der Waals surface area contributed by atoms with Gasteiger partial charge in [0, 0.05) is 11.1 Å². The van der Waals surface area contributed by atoms with Crippen LogP contribution >= 0.6 is 0 Å². The zero-order valence-electron chi connectivity index (χ0n) is 12.3. The van der Waals surface area contributed by atoms with Gasteiger partial charge in [0.25, 0.3) is 0 Å². The smallest absolute Gasteiger partial charge is 0.115 e. The largest absolute Gasteiger partial charge is 0.157 e. The second kappa shape index (κ2) is 3.68.